The Bertz CT molecular complexity index is 767. The summed E-state index contributed by atoms with van der Waals surface area (Å²) in [7, 11) is 1.60. The van der Waals surface area contributed by atoms with Crippen molar-refractivity contribution in [2.45, 2.75) is 6.17 Å². The first-order chi connectivity index (χ1) is 9.61. The van der Waals surface area contributed by atoms with Crippen LogP contribution in [0.25, 0.3) is 0 Å². The number of nitrogens with zero attached hydrogens (tertiary/aromatic N) is 4. The van der Waals surface area contributed by atoms with Crippen molar-refractivity contribution in [1.82, 2.24) is 14.8 Å². The minimum atomic E-state index is -0.817. The summed E-state index contributed by atoms with van der Waals surface area (Å²) in [5.74, 6) is -0.808. The van der Waals surface area contributed by atoms with Crippen LogP contribution in [0, 0.1) is 0 Å². The molecular weight excluding hydrogens is 260 g/mol. The Morgan fingerprint density at radius 3 is 2.75 bits per heavy atom. The van der Waals surface area contributed by atoms with E-state index in [1.54, 1.807) is 31.3 Å². The number of aryl methyl sites for hydroxylation is 1. The number of rotatable bonds is 0. The molecule has 0 aliphatic carbocycles. The zero-order chi connectivity index (χ0) is 14.0. The van der Waals surface area contributed by atoms with Crippen LogP contribution in [-0.2, 0) is 7.05 Å². The smallest absolute Gasteiger partial charge is 0.283 e. The Balaban J connectivity index is 2.01. The van der Waals surface area contributed by atoms with Crippen molar-refractivity contribution in [3.05, 3.63) is 47.3 Å². The van der Waals surface area contributed by atoms with Crippen LogP contribution in [0.15, 0.2) is 30.5 Å². The number of benzene rings is 1. The molecule has 7 heteroatoms. The first-order valence-electron chi connectivity index (χ1n) is 6.08. The SMILES string of the molecule is Cn1ncc2c1C(=O)N(O)[C@@H]1c3ccccc3C(=O)N21. The Kier molecular flexibility index (Phi) is 1.93. The predicted octanol–water partition coefficient (Wildman–Crippen LogP) is 0.924. The number of aromatic nitrogens is 2. The number of hydroxylamine groups is 2. The van der Waals surface area contributed by atoms with Crippen molar-refractivity contribution >= 4 is 17.5 Å². The third kappa shape index (κ3) is 1.11. The lowest BCUT2D eigenvalue weighted by Gasteiger charge is -2.35. The lowest BCUT2D eigenvalue weighted by molar-refractivity contribution is -0.0908. The fourth-order valence-corrected chi connectivity index (χ4v) is 2.85. The molecule has 7 nitrogen and oxygen atoms in total. The third-order valence-corrected chi connectivity index (χ3v) is 3.75. The molecule has 4 rings (SSSR count). The topological polar surface area (TPSA) is 78.7 Å². The van der Waals surface area contributed by atoms with E-state index in [4.69, 9.17) is 0 Å². The second-order valence-corrected chi connectivity index (χ2v) is 4.79. The molecule has 0 unspecified atom stereocenters. The molecule has 2 aliphatic rings. The van der Waals surface area contributed by atoms with E-state index in [9.17, 15) is 14.8 Å². The van der Waals surface area contributed by atoms with Crippen molar-refractivity contribution in [3.63, 3.8) is 0 Å². The van der Waals surface area contributed by atoms with Gasteiger partial charge in [-0.2, -0.15) is 10.2 Å². The van der Waals surface area contributed by atoms with E-state index >= 15 is 0 Å². The molecule has 20 heavy (non-hydrogen) atoms. The van der Waals surface area contributed by atoms with E-state index in [0.29, 0.717) is 21.9 Å². The van der Waals surface area contributed by atoms with Gasteiger partial charge in [0.25, 0.3) is 11.8 Å². The van der Waals surface area contributed by atoms with Crippen LogP contribution in [0.1, 0.15) is 32.6 Å². The highest BCUT2D eigenvalue weighted by Crippen LogP contribution is 2.43. The largest absolute Gasteiger partial charge is 0.299 e. The first-order valence-corrected chi connectivity index (χ1v) is 6.08. The Morgan fingerprint density at radius 2 is 1.95 bits per heavy atom. The van der Waals surface area contributed by atoms with Crippen LogP contribution in [0.2, 0.25) is 0 Å². The van der Waals surface area contributed by atoms with Crippen LogP contribution in [0.5, 0.6) is 0 Å². The summed E-state index contributed by atoms with van der Waals surface area (Å²) in [6.45, 7) is 0. The Hall–Kier alpha value is -2.67. The molecule has 0 saturated carbocycles. The maximum absolute atomic E-state index is 12.5. The van der Waals surface area contributed by atoms with Gasteiger partial charge in [0.15, 0.2) is 11.9 Å². The van der Waals surface area contributed by atoms with Gasteiger partial charge < -0.3 is 0 Å². The third-order valence-electron chi connectivity index (χ3n) is 3.75. The molecule has 1 atom stereocenters. The molecule has 0 fully saturated rings. The summed E-state index contributed by atoms with van der Waals surface area (Å²) in [6, 6.07) is 6.94. The number of carbonyl (C=O) groups excluding carboxylic acids is 2. The summed E-state index contributed by atoms with van der Waals surface area (Å²) >= 11 is 0. The normalized spacial score (nSPS) is 20.0. The van der Waals surface area contributed by atoms with Gasteiger partial charge in [-0.25, -0.2) is 0 Å². The minimum absolute atomic E-state index is 0.199. The minimum Gasteiger partial charge on any atom is -0.283 e. The molecule has 2 amide bonds. The van der Waals surface area contributed by atoms with E-state index in [1.165, 1.54) is 15.8 Å². The molecule has 1 aromatic carbocycles. The van der Waals surface area contributed by atoms with E-state index < -0.39 is 12.1 Å². The van der Waals surface area contributed by atoms with E-state index in [-0.39, 0.29) is 11.6 Å². The highest BCUT2D eigenvalue weighted by Gasteiger charge is 2.49. The van der Waals surface area contributed by atoms with Gasteiger partial charge >= 0.3 is 0 Å². The quantitative estimate of drug-likeness (QED) is 0.722. The number of amides is 2. The van der Waals surface area contributed by atoms with Gasteiger partial charge in [0, 0.05) is 18.2 Å². The molecule has 0 saturated heterocycles. The monoisotopic (exact) mass is 270 g/mol. The fourth-order valence-electron chi connectivity index (χ4n) is 2.85. The van der Waals surface area contributed by atoms with E-state index in [2.05, 4.69) is 5.10 Å². The van der Waals surface area contributed by atoms with Gasteiger partial charge in [-0.1, -0.05) is 18.2 Å². The highest BCUT2D eigenvalue weighted by molar-refractivity contribution is 6.15. The van der Waals surface area contributed by atoms with Crippen molar-refractivity contribution in [2.24, 2.45) is 7.05 Å². The molecule has 2 aliphatic heterocycles. The summed E-state index contributed by atoms with van der Waals surface area (Å²) in [5.41, 5.74) is 1.72. The molecule has 0 spiro atoms. The summed E-state index contributed by atoms with van der Waals surface area (Å²) in [5, 5.41) is 14.7. The number of hydrogen-bond acceptors (Lipinski definition) is 4. The van der Waals surface area contributed by atoms with Crippen LogP contribution >= 0.6 is 0 Å². The number of anilines is 1. The van der Waals surface area contributed by atoms with Crippen molar-refractivity contribution in [2.75, 3.05) is 4.90 Å². The van der Waals surface area contributed by atoms with Gasteiger partial charge in [0.05, 0.1) is 11.9 Å². The molecule has 0 radical (unpaired) electrons. The first kappa shape index (κ1) is 11.2. The maximum atomic E-state index is 12.5. The van der Waals surface area contributed by atoms with E-state index in [0.717, 1.165) is 0 Å². The molecule has 100 valence electrons. The number of hydrogen-bond donors (Lipinski definition) is 1. The standard InChI is InChI=1S/C13H10N4O3/c1-15-10-9(6-14-15)16-11(17(20)13(10)19)7-4-2-3-5-8(7)12(16)18/h2-6,11,20H,1H3/t11-/m1/s1. The second kappa shape index (κ2) is 3.45. The lowest BCUT2D eigenvalue weighted by Crippen LogP contribution is -2.46. The molecular formula is C13H10N4O3. The number of fused-ring (bicyclic) bond motifs is 5. The van der Waals surface area contributed by atoms with Crippen LogP contribution in [0.3, 0.4) is 0 Å². The summed E-state index contributed by atoms with van der Waals surface area (Å²) in [4.78, 5) is 26.1. The number of carbonyl (C=O) groups is 2. The van der Waals surface area contributed by atoms with Gasteiger partial charge in [0.2, 0.25) is 0 Å². The highest BCUT2D eigenvalue weighted by atomic mass is 16.5. The van der Waals surface area contributed by atoms with E-state index in [1.807, 2.05) is 0 Å². The Labute approximate surface area is 113 Å². The van der Waals surface area contributed by atoms with Gasteiger partial charge in [-0.05, 0) is 6.07 Å². The van der Waals surface area contributed by atoms with Gasteiger partial charge in [0.1, 0.15) is 0 Å². The van der Waals surface area contributed by atoms with Crippen molar-refractivity contribution in [3.8, 4) is 0 Å². The molecule has 3 heterocycles. The van der Waals surface area contributed by atoms with Crippen molar-refractivity contribution < 1.29 is 14.8 Å². The fraction of sp³-hybridized carbons (Fsp3) is 0.154. The zero-order valence-electron chi connectivity index (χ0n) is 10.5. The lowest BCUT2D eigenvalue weighted by atomic mass is 10.1. The summed E-state index contributed by atoms with van der Waals surface area (Å²) in [6.07, 6.45) is 0.652. The average molecular weight is 270 g/mol. The second-order valence-electron chi connectivity index (χ2n) is 4.79. The van der Waals surface area contributed by atoms with Crippen LogP contribution < -0.4 is 4.90 Å². The van der Waals surface area contributed by atoms with Gasteiger partial charge in [-0.3, -0.25) is 24.4 Å². The zero-order valence-corrected chi connectivity index (χ0v) is 10.5. The average Bonchev–Trinajstić information content (AvgIpc) is 2.96. The molecule has 2 aromatic rings. The molecule has 0 bridgehead atoms. The van der Waals surface area contributed by atoms with Crippen LogP contribution in [-0.4, -0.2) is 31.9 Å². The maximum Gasteiger partial charge on any atom is 0.299 e. The van der Waals surface area contributed by atoms with Crippen molar-refractivity contribution in [1.29, 1.82) is 0 Å². The molecule has 1 N–H and O–H groups in total. The van der Waals surface area contributed by atoms with Gasteiger partial charge in [-0.15, -0.1) is 0 Å². The van der Waals surface area contributed by atoms with Crippen LogP contribution in [0.4, 0.5) is 5.69 Å². The Morgan fingerprint density at radius 1 is 1.20 bits per heavy atom. The summed E-state index contributed by atoms with van der Waals surface area (Å²) < 4.78 is 1.35. The predicted molar refractivity (Wildman–Crippen MR) is 67.2 cm³/mol. The molecule has 1 aromatic heterocycles.